The van der Waals surface area contributed by atoms with Gasteiger partial charge in [0.05, 0.1) is 6.04 Å². The molecule has 0 radical (unpaired) electrons. The van der Waals surface area contributed by atoms with E-state index in [0.29, 0.717) is 24.9 Å². The first-order valence-electron chi connectivity index (χ1n) is 13.8. The van der Waals surface area contributed by atoms with E-state index in [1.54, 1.807) is 0 Å². The molecule has 1 fully saturated rings. The summed E-state index contributed by atoms with van der Waals surface area (Å²) in [5.74, 6) is -0.288. The van der Waals surface area contributed by atoms with Crippen LogP contribution in [0.2, 0.25) is 0 Å². The molecular weight excluding hydrogens is 438 g/mol. The molecule has 1 aromatic carbocycles. The van der Waals surface area contributed by atoms with Crippen molar-refractivity contribution >= 4 is 18.6 Å². The van der Waals surface area contributed by atoms with Gasteiger partial charge >= 0.3 is 0 Å². The molecule has 196 valence electrons. The average molecular weight is 486 g/mol. The molecule has 1 unspecified atom stereocenters. The lowest BCUT2D eigenvalue weighted by Gasteiger charge is -2.27. The third-order valence-corrected chi connectivity index (χ3v) is 7.35. The largest absolute Gasteiger partial charge is 0.314 e. The van der Waals surface area contributed by atoms with Crippen LogP contribution in [0.25, 0.3) is 0 Å². The van der Waals surface area contributed by atoms with E-state index in [4.69, 9.17) is 0 Å². The van der Waals surface area contributed by atoms with E-state index in [0.717, 1.165) is 43.7 Å². The van der Waals surface area contributed by atoms with Crippen LogP contribution >= 0.6 is 0 Å². The highest BCUT2D eigenvalue weighted by molar-refractivity contribution is 5.90. The molecule has 1 aliphatic rings. The molecule has 0 aliphatic heterocycles. The van der Waals surface area contributed by atoms with Crippen LogP contribution in [0.4, 0.5) is 0 Å². The van der Waals surface area contributed by atoms with Gasteiger partial charge in [0.25, 0.3) is 0 Å². The van der Waals surface area contributed by atoms with Gasteiger partial charge < -0.3 is 5.32 Å². The van der Waals surface area contributed by atoms with Crippen molar-refractivity contribution in [2.45, 2.75) is 115 Å². The highest BCUT2D eigenvalue weighted by atomic mass is 16.2. The molecule has 0 aromatic heterocycles. The molecule has 0 bridgehead atoms. The summed E-state index contributed by atoms with van der Waals surface area (Å²) in [5.41, 5.74) is 2.87. The minimum Gasteiger partial charge on any atom is -0.314 e. The number of rotatable bonds is 18. The van der Waals surface area contributed by atoms with Gasteiger partial charge in [0.2, 0.25) is 12.3 Å². The molecule has 0 heterocycles. The van der Waals surface area contributed by atoms with Gasteiger partial charge in [-0.15, -0.1) is 0 Å². The van der Waals surface area contributed by atoms with E-state index in [1.807, 2.05) is 31.0 Å². The lowest BCUT2D eigenvalue weighted by molar-refractivity contribution is -0.129. The number of benzene rings is 1. The van der Waals surface area contributed by atoms with E-state index in [-0.39, 0.29) is 5.91 Å². The number of aryl methyl sites for hydroxylation is 1. The highest BCUT2D eigenvalue weighted by Gasteiger charge is 2.23. The summed E-state index contributed by atoms with van der Waals surface area (Å²) >= 11 is 0. The van der Waals surface area contributed by atoms with Gasteiger partial charge in [-0.25, -0.2) is 0 Å². The minimum atomic E-state index is -0.398. The second kappa shape index (κ2) is 17.4. The number of nitrogens with zero attached hydrogens (tertiary/aromatic N) is 1. The average Bonchev–Trinajstić information content (AvgIpc) is 2.87. The predicted octanol–water partition coefficient (Wildman–Crippen LogP) is 5.18. The first-order chi connectivity index (χ1) is 17.1. The molecule has 0 spiro atoms. The monoisotopic (exact) mass is 485 g/mol. The Labute approximate surface area is 212 Å². The van der Waals surface area contributed by atoms with Crippen LogP contribution in [0, 0.1) is 0 Å². The Kier molecular flexibility index (Phi) is 14.5. The van der Waals surface area contributed by atoms with Crippen molar-refractivity contribution in [1.82, 2.24) is 15.5 Å². The molecule has 1 aromatic rings. The van der Waals surface area contributed by atoms with Crippen LogP contribution in [0.5, 0.6) is 0 Å². The molecular formula is C29H47N3O3. The summed E-state index contributed by atoms with van der Waals surface area (Å²) < 4.78 is 0. The Morgan fingerprint density at radius 2 is 1.77 bits per heavy atom. The topological polar surface area (TPSA) is 78.5 Å². The maximum atomic E-state index is 12.4. The fourth-order valence-corrected chi connectivity index (χ4v) is 5.29. The Morgan fingerprint density at radius 1 is 1.06 bits per heavy atom. The lowest BCUT2D eigenvalue weighted by Crippen LogP contribution is -2.44. The van der Waals surface area contributed by atoms with Crippen molar-refractivity contribution in [2.75, 3.05) is 13.6 Å². The number of unbranched alkanes of at least 4 members (excludes halogenated alkanes) is 5. The summed E-state index contributed by atoms with van der Waals surface area (Å²) in [6.07, 6.45) is 18.1. The fraction of sp³-hybridized carbons (Fsp3) is 0.690. The molecule has 1 saturated carbocycles. The zero-order chi connectivity index (χ0) is 25.3. The zero-order valence-corrected chi connectivity index (χ0v) is 22.0. The van der Waals surface area contributed by atoms with Crippen molar-refractivity contribution < 1.29 is 14.4 Å². The molecule has 2 N–H and O–H groups in total. The third kappa shape index (κ3) is 10.6. The molecule has 2 amide bonds. The normalized spacial score (nSPS) is 15.2. The number of carbonyl (C=O) groups is 3. The SMILES string of the molecule is CCCC(C(=O)NC=O)N(C)Cc1c(C=O)cccc1CCCCCCCCNC1CCCCC1. The van der Waals surface area contributed by atoms with Gasteiger partial charge in [-0.2, -0.15) is 0 Å². The second-order valence-electron chi connectivity index (χ2n) is 10.1. The molecule has 35 heavy (non-hydrogen) atoms. The van der Waals surface area contributed by atoms with Gasteiger partial charge in [-0.05, 0) is 63.2 Å². The summed E-state index contributed by atoms with van der Waals surface area (Å²) in [6.45, 7) is 3.69. The van der Waals surface area contributed by atoms with Crippen molar-refractivity contribution in [3.05, 3.63) is 34.9 Å². The van der Waals surface area contributed by atoms with E-state index in [1.165, 1.54) is 69.8 Å². The lowest BCUT2D eigenvalue weighted by atomic mass is 9.95. The maximum Gasteiger partial charge on any atom is 0.243 e. The number of nitrogens with one attached hydrogen (secondary N) is 2. The number of hydrogen-bond acceptors (Lipinski definition) is 5. The van der Waals surface area contributed by atoms with Crippen LogP contribution in [-0.2, 0) is 22.6 Å². The number of aldehydes is 1. The number of amides is 2. The van der Waals surface area contributed by atoms with E-state index in [2.05, 4.69) is 16.7 Å². The molecule has 0 saturated heterocycles. The van der Waals surface area contributed by atoms with Gasteiger partial charge in [0, 0.05) is 18.2 Å². The van der Waals surface area contributed by atoms with Gasteiger partial charge in [-0.3, -0.25) is 24.6 Å². The molecule has 2 rings (SSSR count). The fourth-order valence-electron chi connectivity index (χ4n) is 5.29. The number of carbonyl (C=O) groups excluding carboxylic acids is 3. The summed E-state index contributed by atoms with van der Waals surface area (Å²) in [4.78, 5) is 36.8. The molecule has 1 aliphatic carbocycles. The summed E-state index contributed by atoms with van der Waals surface area (Å²) in [7, 11) is 1.89. The van der Waals surface area contributed by atoms with Crippen molar-refractivity contribution in [3.63, 3.8) is 0 Å². The van der Waals surface area contributed by atoms with Crippen molar-refractivity contribution in [1.29, 1.82) is 0 Å². The van der Waals surface area contributed by atoms with Crippen LogP contribution in [0.3, 0.4) is 0 Å². The van der Waals surface area contributed by atoms with E-state index < -0.39 is 6.04 Å². The third-order valence-electron chi connectivity index (χ3n) is 7.35. The quantitative estimate of drug-likeness (QED) is 0.221. The smallest absolute Gasteiger partial charge is 0.243 e. The van der Waals surface area contributed by atoms with E-state index >= 15 is 0 Å². The van der Waals surface area contributed by atoms with Gasteiger partial charge in [0.15, 0.2) is 0 Å². The number of imide groups is 1. The second-order valence-corrected chi connectivity index (χ2v) is 10.1. The maximum absolute atomic E-state index is 12.4. The van der Waals surface area contributed by atoms with E-state index in [9.17, 15) is 14.4 Å². The zero-order valence-electron chi connectivity index (χ0n) is 22.0. The summed E-state index contributed by atoms with van der Waals surface area (Å²) in [6, 6.07) is 6.26. The van der Waals surface area contributed by atoms with Crippen LogP contribution in [-0.4, -0.2) is 49.2 Å². The van der Waals surface area contributed by atoms with Crippen LogP contribution in [0.1, 0.15) is 112 Å². The first kappa shape index (κ1) is 29.2. The first-order valence-corrected chi connectivity index (χ1v) is 13.8. The standard InChI is InChI=1S/C29H47N3O3/c1-3-14-28(29(35)31-23-34)32(2)21-27-24(16-13-17-25(27)22-33)15-9-6-4-5-7-12-20-30-26-18-10-8-11-19-26/h13,16-17,22-23,26,28,30H,3-12,14-15,18-21H2,1-2H3,(H,31,34,35). The van der Waals surface area contributed by atoms with Crippen molar-refractivity contribution in [3.8, 4) is 0 Å². The summed E-state index contributed by atoms with van der Waals surface area (Å²) in [5, 5.41) is 6.02. The predicted molar refractivity (Wildman–Crippen MR) is 142 cm³/mol. The highest BCUT2D eigenvalue weighted by Crippen LogP contribution is 2.21. The minimum absolute atomic E-state index is 0.288. The Bertz CT molecular complexity index is 762. The number of likely N-dealkylation sites (N-methyl/N-ethyl adjacent to an activating group) is 1. The van der Waals surface area contributed by atoms with Crippen molar-refractivity contribution in [2.24, 2.45) is 0 Å². The Hall–Kier alpha value is -2.05. The molecule has 1 atom stereocenters. The molecule has 6 nitrogen and oxygen atoms in total. The van der Waals surface area contributed by atoms with Gasteiger partial charge in [-0.1, -0.05) is 76.5 Å². The Balaban J connectivity index is 1.77. The molecule has 6 heteroatoms. The van der Waals surface area contributed by atoms with Crippen LogP contribution < -0.4 is 10.6 Å². The Morgan fingerprint density at radius 3 is 2.46 bits per heavy atom. The van der Waals surface area contributed by atoms with Gasteiger partial charge in [0.1, 0.15) is 6.29 Å². The van der Waals surface area contributed by atoms with Crippen LogP contribution in [0.15, 0.2) is 18.2 Å². The number of hydrogen-bond donors (Lipinski definition) is 2.